The first-order chi connectivity index (χ1) is 17.0. The monoisotopic (exact) mass is 466 g/mol. The van der Waals surface area contributed by atoms with E-state index in [0.717, 1.165) is 22.4 Å². The number of amides is 1. The van der Waals surface area contributed by atoms with Crippen LogP contribution in [-0.2, 0) is 11.3 Å². The van der Waals surface area contributed by atoms with Gasteiger partial charge in [-0.25, -0.2) is 19.9 Å². The van der Waals surface area contributed by atoms with Gasteiger partial charge in [0.1, 0.15) is 23.6 Å². The summed E-state index contributed by atoms with van der Waals surface area (Å²) in [4.78, 5) is 32.6. The Morgan fingerprint density at radius 3 is 2.80 bits per heavy atom. The molecule has 4 aromatic heterocycles. The summed E-state index contributed by atoms with van der Waals surface area (Å²) in [5.41, 5.74) is 5.51. The van der Waals surface area contributed by atoms with Crippen molar-refractivity contribution in [2.24, 2.45) is 0 Å². The zero-order valence-corrected chi connectivity index (χ0v) is 19.2. The molecule has 0 atom stereocenters. The second-order valence-electron chi connectivity index (χ2n) is 7.93. The van der Waals surface area contributed by atoms with Crippen LogP contribution in [0.1, 0.15) is 17.1 Å². The lowest BCUT2D eigenvalue weighted by atomic mass is 10.1. The van der Waals surface area contributed by atoms with E-state index in [-0.39, 0.29) is 5.91 Å². The van der Waals surface area contributed by atoms with Gasteiger partial charge in [-0.2, -0.15) is 5.10 Å². The average Bonchev–Trinajstić information content (AvgIpc) is 3.43. The van der Waals surface area contributed by atoms with E-state index < -0.39 is 0 Å². The predicted octanol–water partition coefficient (Wildman–Crippen LogP) is 4.19. The van der Waals surface area contributed by atoms with Crippen molar-refractivity contribution in [1.29, 1.82) is 0 Å². The number of nitrogens with zero attached hydrogens (tertiary/aromatic N) is 6. The Morgan fingerprint density at radius 1 is 1.17 bits per heavy atom. The molecule has 5 rings (SSSR count). The number of H-pyrrole nitrogens is 1. The number of carbonyl (C=O) groups is 1. The van der Waals surface area contributed by atoms with Gasteiger partial charge in [-0.05, 0) is 37.6 Å². The van der Waals surface area contributed by atoms with Gasteiger partial charge in [0, 0.05) is 47.7 Å². The molecule has 0 saturated heterocycles. The number of ether oxygens (including phenoxy) is 1. The number of fused-ring (bicyclic) bond motifs is 1. The van der Waals surface area contributed by atoms with Crippen LogP contribution in [0.15, 0.2) is 67.9 Å². The van der Waals surface area contributed by atoms with Crippen molar-refractivity contribution in [3.8, 4) is 22.8 Å². The number of aryl methyl sites for hydroxylation is 2. The molecule has 1 aromatic carbocycles. The van der Waals surface area contributed by atoms with E-state index in [0.29, 0.717) is 40.8 Å². The van der Waals surface area contributed by atoms with E-state index in [1.54, 1.807) is 42.9 Å². The van der Waals surface area contributed by atoms with Crippen LogP contribution in [0.5, 0.6) is 11.6 Å². The Hall–Kier alpha value is -4.86. The van der Waals surface area contributed by atoms with Crippen molar-refractivity contribution in [3.05, 3.63) is 85.0 Å². The molecule has 0 spiro atoms. The van der Waals surface area contributed by atoms with Crippen LogP contribution in [0.4, 0.5) is 5.69 Å². The van der Waals surface area contributed by atoms with Crippen molar-refractivity contribution in [2.75, 3.05) is 5.32 Å². The maximum Gasteiger partial charge on any atom is 0.247 e. The van der Waals surface area contributed by atoms with E-state index in [9.17, 15) is 4.79 Å². The number of aromatic amines is 1. The quantitative estimate of drug-likeness (QED) is 0.345. The number of aromatic nitrogens is 7. The molecule has 0 aliphatic heterocycles. The highest BCUT2D eigenvalue weighted by atomic mass is 16.5. The SMILES string of the molecule is C=CC(=O)Nc1cccc(Oc2cnc3[nH]cc(-c4cn(Cc5ncc(C)cn5)nc4C)c3n2)c1. The summed E-state index contributed by atoms with van der Waals surface area (Å²) in [5.74, 6) is 1.22. The first-order valence-corrected chi connectivity index (χ1v) is 10.9. The standard InChI is InChI=1S/C25H22N8O2/c1-4-22(34)30-17-6-5-7-18(8-17)35-23-12-29-25-24(31-23)19(11-28-25)20-13-33(32-16(20)3)14-21-26-9-15(2)10-27-21/h4-13H,1,14H2,2-3H3,(H,28,29)(H,30,34). The van der Waals surface area contributed by atoms with Gasteiger partial charge in [0.2, 0.25) is 11.8 Å². The summed E-state index contributed by atoms with van der Waals surface area (Å²) in [7, 11) is 0. The van der Waals surface area contributed by atoms with E-state index in [2.05, 4.69) is 41.9 Å². The highest BCUT2D eigenvalue weighted by Crippen LogP contribution is 2.31. The fraction of sp³-hybridized carbons (Fsp3) is 0.120. The Kier molecular flexibility index (Phi) is 5.76. The Labute approximate surface area is 200 Å². The topological polar surface area (TPSA) is 124 Å². The lowest BCUT2D eigenvalue weighted by Crippen LogP contribution is -2.07. The molecule has 0 bridgehead atoms. The number of anilines is 1. The van der Waals surface area contributed by atoms with Crippen molar-refractivity contribution in [2.45, 2.75) is 20.4 Å². The Morgan fingerprint density at radius 2 is 2.00 bits per heavy atom. The van der Waals surface area contributed by atoms with Crippen LogP contribution in [-0.4, -0.2) is 40.6 Å². The van der Waals surface area contributed by atoms with Gasteiger partial charge in [0.25, 0.3) is 0 Å². The third-order valence-electron chi connectivity index (χ3n) is 5.24. The van der Waals surface area contributed by atoms with Gasteiger partial charge >= 0.3 is 0 Å². The molecular formula is C25H22N8O2. The molecule has 1 amide bonds. The lowest BCUT2D eigenvalue weighted by molar-refractivity contribution is -0.111. The third kappa shape index (κ3) is 4.76. The lowest BCUT2D eigenvalue weighted by Gasteiger charge is -2.07. The number of nitrogens with one attached hydrogen (secondary N) is 2. The van der Waals surface area contributed by atoms with Crippen LogP contribution in [0.2, 0.25) is 0 Å². The maximum atomic E-state index is 11.6. The number of hydrogen-bond donors (Lipinski definition) is 2. The van der Waals surface area contributed by atoms with Gasteiger partial charge < -0.3 is 15.0 Å². The first-order valence-electron chi connectivity index (χ1n) is 10.9. The van der Waals surface area contributed by atoms with Crippen LogP contribution < -0.4 is 10.1 Å². The summed E-state index contributed by atoms with van der Waals surface area (Å²) in [6.07, 6.45) is 10.1. The fourth-order valence-corrected chi connectivity index (χ4v) is 3.59. The van der Waals surface area contributed by atoms with E-state index in [4.69, 9.17) is 4.74 Å². The van der Waals surface area contributed by atoms with E-state index in [1.165, 1.54) is 6.08 Å². The zero-order valence-electron chi connectivity index (χ0n) is 19.2. The second kappa shape index (κ2) is 9.18. The summed E-state index contributed by atoms with van der Waals surface area (Å²) in [5, 5.41) is 7.33. The largest absolute Gasteiger partial charge is 0.437 e. The minimum absolute atomic E-state index is 0.301. The average molecular weight is 467 g/mol. The smallest absolute Gasteiger partial charge is 0.247 e. The predicted molar refractivity (Wildman–Crippen MR) is 131 cm³/mol. The number of benzene rings is 1. The molecule has 0 aliphatic rings. The molecule has 2 N–H and O–H groups in total. The van der Waals surface area contributed by atoms with E-state index in [1.807, 2.05) is 30.9 Å². The van der Waals surface area contributed by atoms with Crippen LogP contribution in [0.3, 0.4) is 0 Å². The molecule has 0 radical (unpaired) electrons. The molecule has 5 aromatic rings. The van der Waals surface area contributed by atoms with Crippen LogP contribution in [0.25, 0.3) is 22.3 Å². The maximum absolute atomic E-state index is 11.6. The number of rotatable bonds is 7. The van der Waals surface area contributed by atoms with Crippen LogP contribution in [0, 0.1) is 13.8 Å². The molecule has 0 saturated carbocycles. The highest BCUT2D eigenvalue weighted by molar-refractivity contribution is 5.99. The van der Waals surface area contributed by atoms with Gasteiger partial charge in [0.05, 0.1) is 11.9 Å². The minimum atomic E-state index is -0.301. The van der Waals surface area contributed by atoms with Crippen molar-refractivity contribution in [1.82, 2.24) is 34.7 Å². The summed E-state index contributed by atoms with van der Waals surface area (Å²) < 4.78 is 7.74. The number of hydrogen-bond acceptors (Lipinski definition) is 7. The highest BCUT2D eigenvalue weighted by Gasteiger charge is 2.16. The van der Waals surface area contributed by atoms with Gasteiger partial charge in [0.15, 0.2) is 5.65 Å². The van der Waals surface area contributed by atoms with Crippen LogP contribution >= 0.6 is 0 Å². The van der Waals surface area contributed by atoms with Crippen molar-refractivity contribution in [3.63, 3.8) is 0 Å². The normalized spacial score (nSPS) is 10.9. The molecule has 10 heteroatoms. The van der Waals surface area contributed by atoms with Gasteiger partial charge in [-0.1, -0.05) is 12.6 Å². The molecule has 0 aliphatic carbocycles. The molecular weight excluding hydrogens is 444 g/mol. The van der Waals surface area contributed by atoms with Gasteiger partial charge in [-0.15, -0.1) is 0 Å². The molecule has 4 heterocycles. The third-order valence-corrected chi connectivity index (χ3v) is 5.24. The number of carbonyl (C=O) groups excluding carboxylic acids is 1. The first kappa shape index (κ1) is 22.0. The molecule has 0 unspecified atom stereocenters. The Balaban J connectivity index is 1.42. The van der Waals surface area contributed by atoms with Crippen molar-refractivity contribution < 1.29 is 9.53 Å². The molecule has 174 valence electrons. The molecule has 0 fully saturated rings. The molecule has 35 heavy (non-hydrogen) atoms. The zero-order chi connectivity index (χ0) is 24.4. The molecule has 10 nitrogen and oxygen atoms in total. The Bertz CT molecular complexity index is 1540. The minimum Gasteiger partial charge on any atom is -0.437 e. The van der Waals surface area contributed by atoms with Crippen molar-refractivity contribution >= 4 is 22.8 Å². The van der Waals surface area contributed by atoms with E-state index >= 15 is 0 Å². The fourth-order valence-electron chi connectivity index (χ4n) is 3.59. The second-order valence-corrected chi connectivity index (χ2v) is 7.93. The summed E-state index contributed by atoms with van der Waals surface area (Å²) >= 11 is 0. The summed E-state index contributed by atoms with van der Waals surface area (Å²) in [6.45, 7) is 7.81. The van der Waals surface area contributed by atoms with Gasteiger partial charge in [-0.3, -0.25) is 9.48 Å². The summed E-state index contributed by atoms with van der Waals surface area (Å²) in [6, 6.07) is 7.01.